The third-order valence-electron chi connectivity index (χ3n) is 8.41. The van der Waals surface area contributed by atoms with Crippen LogP contribution in [0.2, 0.25) is 0 Å². The van der Waals surface area contributed by atoms with E-state index < -0.39 is 11.7 Å². The number of carbonyl (C=O) groups is 1. The fourth-order valence-corrected chi connectivity index (χ4v) is 5.68. The highest BCUT2D eigenvalue weighted by atomic mass is 19.4. The molecule has 208 valence electrons. The average molecular weight is 532 g/mol. The first-order valence-electron chi connectivity index (χ1n) is 13.7. The summed E-state index contributed by atoms with van der Waals surface area (Å²) < 4.78 is 44.7. The number of carbonyl (C=O) groups excluding carboxylic acids is 1. The zero-order chi connectivity index (χ0) is 27.4. The van der Waals surface area contributed by atoms with E-state index in [2.05, 4.69) is 49.6 Å². The molecule has 0 saturated carbocycles. The number of likely N-dealkylation sites (tertiary alicyclic amines) is 1. The van der Waals surface area contributed by atoms with E-state index in [1.54, 1.807) is 4.90 Å². The van der Waals surface area contributed by atoms with Crippen molar-refractivity contribution in [2.24, 2.45) is 0 Å². The minimum absolute atomic E-state index is 0.181. The van der Waals surface area contributed by atoms with Crippen LogP contribution in [0.25, 0.3) is 0 Å². The average Bonchev–Trinajstić information content (AvgIpc) is 2.91. The normalized spacial score (nSPS) is 20.4. The second-order valence-corrected chi connectivity index (χ2v) is 10.7. The van der Waals surface area contributed by atoms with Crippen LogP contribution in [0.15, 0.2) is 36.4 Å². The molecule has 2 heterocycles. The first kappa shape index (κ1) is 28.4. The van der Waals surface area contributed by atoms with Crippen molar-refractivity contribution in [1.29, 1.82) is 0 Å². The zero-order valence-corrected chi connectivity index (χ0v) is 23.0. The van der Waals surface area contributed by atoms with Gasteiger partial charge in [-0.3, -0.25) is 14.6 Å². The van der Waals surface area contributed by atoms with E-state index >= 15 is 0 Å². The van der Waals surface area contributed by atoms with Gasteiger partial charge in [0.2, 0.25) is 0 Å². The molecule has 8 heteroatoms. The first-order chi connectivity index (χ1) is 18.1. The predicted octanol–water partition coefficient (Wildman–Crippen LogP) is 6.09. The van der Waals surface area contributed by atoms with Gasteiger partial charge < -0.3 is 9.64 Å². The topological polar surface area (TPSA) is 36.0 Å². The first-order valence-corrected chi connectivity index (χ1v) is 13.7. The van der Waals surface area contributed by atoms with Crippen LogP contribution < -0.4 is 4.74 Å². The van der Waals surface area contributed by atoms with E-state index in [-0.39, 0.29) is 17.5 Å². The molecule has 0 aromatic heterocycles. The highest BCUT2D eigenvalue weighted by Crippen LogP contribution is 2.32. The Kier molecular flexibility index (Phi) is 9.04. The Labute approximate surface area is 224 Å². The van der Waals surface area contributed by atoms with Crippen LogP contribution in [-0.4, -0.2) is 72.5 Å². The van der Waals surface area contributed by atoms with Gasteiger partial charge in [-0.1, -0.05) is 12.5 Å². The molecule has 2 aromatic rings. The van der Waals surface area contributed by atoms with Crippen molar-refractivity contribution in [2.45, 2.75) is 65.2 Å². The number of piperidine rings is 1. The summed E-state index contributed by atoms with van der Waals surface area (Å²) in [7, 11) is 0. The van der Waals surface area contributed by atoms with Crippen molar-refractivity contribution in [3.05, 3.63) is 64.2 Å². The van der Waals surface area contributed by atoms with Gasteiger partial charge in [-0.15, -0.1) is 0 Å². The van der Waals surface area contributed by atoms with Crippen LogP contribution in [0, 0.1) is 13.8 Å². The Morgan fingerprint density at radius 1 is 0.974 bits per heavy atom. The van der Waals surface area contributed by atoms with E-state index in [4.69, 9.17) is 4.74 Å². The van der Waals surface area contributed by atoms with E-state index in [0.29, 0.717) is 38.8 Å². The summed E-state index contributed by atoms with van der Waals surface area (Å²) >= 11 is 0. The summed E-state index contributed by atoms with van der Waals surface area (Å²) in [5.74, 6) is 0.716. The minimum atomic E-state index is -4.41. The lowest BCUT2D eigenvalue weighted by molar-refractivity contribution is -0.137. The maximum atomic E-state index is 12.9. The summed E-state index contributed by atoms with van der Waals surface area (Å²) in [6.45, 7) is 14.0. The second-order valence-electron chi connectivity index (χ2n) is 10.7. The third kappa shape index (κ3) is 6.52. The summed E-state index contributed by atoms with van der Waals surface area (Å²) in [6, 6.07) is 9.52. The Bertz CT molecular complexity index is 1100. The summed E-state index contributed by atoms with van der Waals surface area (Å²) in [5, 5.41) is 0. The van der Waals surface area contributed by atoms with Crippen LogP contribution in [0.5, 0.6) is 5.75 Å². The van der Waals surface area contributed by atoms with Gasteiger partial charge in [-0.2, -0.15) is 13.2 Å². The van der Waals surface area contributed by atoms with Crippen LogP contribution in [-0.2, 0) is 6.18 Å². The third-order valence-corrected chi connectivity index (χ3v) is 8.41. The molecule has 0 spiro atoms. The molecule has 1 amide bonds. The van der Waals surface area contributed by atoms with Gasteiger partial charge in [0.15, 0.2) is 0 Å². The number of rotatable bonds is 7. The Morgan fingerprint density at radius 3 is 2.29 bits per heavy atom. The lowest BCUT2D eigenvalue weighted by Crippen LogP contribution is -2.49. The highest BCUT2D eigenvalue weighted by molar-refractivity contribution is 5.94. The number of benzene rings is 2. The van der Waals surface area contributed by atoms with Crippen molar-refractivity contribution in [1.82, 2.24) is 14.7 Å². The quantitative estimate of drug-likeness (QED) is 0.433. The molecule has 0 N–H and O–H groups in total. The Balaban J connectivity index is 1.31. The summed E-state index contributed by atoms with van der Waals surface area (Å²) in [5.41, 5.74) is 3.19. The van der Waals surface area contributed by atoms with Crippen molar-refractivity contribution in [3.63, 3.8) is 0 Å². The number of alkyl halides is 3. The van der Waals surface area contributed by atoms with Crippen LogP contribution in [0.3, 0.4) is 0 Å². The van der Waals surface area contributed by atoms with Crippen molar-refractivity contribution in [3.8, 4) is 5.75 Å². The molecule has 2 atom stereocenters. The number of halogens is 3. The maximum Gasteiger partial charge on any atom is 0.416 e. The molecule has 2 aliphatic rings. The van der Waals surface area contributed by atoms with E-state index in [9.17, 15) is 18.0 Å². The largest absolute Gasteiger partial charge is 0.492 e. The van der Waals surface area contributed by atoms with Gasteiger partial charge in [0.25, 0.3) is 5.91 Å². The molecule has 0 radical (unpaired) electrons. The van der Waals surface area contributed by atoms with Crippen LogP contribution in [0.4, 0.5) is 13.2 Å². The molecule has 5 nitrogen and oxygen atoms in total. The zero-order valence-electron chi connectivity index (χ0n) is 23.0. The maximum absolute atomic E-state index is 12.9. The number of hydrogen-bond acceptors (Lipinski definition) is 4. The molecule has 2 aromatic carbocycles. The van der Waals surface area contributed by atoms with Gasteiger partial charge in [0.1, 0.15) is 12.4 Å². The van der Waals surface area contributed by atoms with Crippen molar-refractivity contribution >= 4 is 5.91 Å². The van der Waals surface area contributed by atoms with Gasteiger partial charge in [0.05, 0.1) is 5.56 Å². The van der Waals surface area contributed by atoms with Gasteiger partial charge >= 0.3 is 6.18 Å². The van der Waals surface area contributed by atoms with Gasteiger partial charge in [0, 0.05) is 50.4 Å². The smallest absolute Gasteiger partial charge is 0.416 e. The molecular formula is C30H40F3N3O2. The van der Waals surface area contributed by atoms with Crippen molar-refractivity contribution in [2.75, 3.05) is 45.9 Å². The monoisotopic (exact) mass is 531 g/mol. The number of ether oxygens (including phenoxy) is 1. The predicted molar refractivity (Wildman–Crippen MR) is 144 cm³/mol. The Hall–Kier alpha value is -2.58. The Morgan fingerprint density at radius 2 is 1.66 bits per heavy atom. The summed E-state index contributed by atoms with van der Waals surface area (Å²) in [4.78, 5) is 19.5. The van der Waals surface area contributed by atoms with Gasteiger partial charge in [-0.25, -0.2) is 0 Å². The second kappa shape index (κ2) is 12.1. The number of amides is 1. The van der Waals surface area contributed by atoms with Crippen LogP contribution >= 0.6 is 0 Å². The number of piperazine rings is 1. The number of hydrogen-bond donors (Lipinski definition) is 0. The van der Waals surface area contributed by atoms with E-state index in [1.165, 1.54) is 42.5 Å². The summed E-state index contributed by atoms with van der Waals surface area (Å²) in [6.07, 6.45) is -0.550. The highest BCUT2D eigenvalue weighted by Gasteiger charge is 2.31. The molecule has 4 rings (SSSR count). The molecule has 2 unspecified atom stereocenters. The molecular weight excluding hydrogens is 491 g/mol. The molecule has 38 heavy (non-hydrogen) atoms. The molecule has 2 saturated heterocycles. The van der Waals surface area contributed by atoms with E-state index in [0.717, 1.165) is 36.5 Å². The fraction of sp³-hybridized carbons (Fsp3) is 0.567. The van der Waals surface area contributed by atoms with Gasteiger partial charge in [-0.05, 0) is 94.1 Å². The lowest BCUT2D eigenvalue weighted by Gasteiger charge is -2.39. The fourth-order valence-electron chi connectivity index (χ4n) is 5.68. The number of nitrogens with zero attached hydrogens (tertiary/aromatic N) is 3. The van der Waals surface area contributed by atoms with E-state index in [1.807, 2.05) is 0 Å². The SMILES string of the molecule is Cc1c(OCCN2CCCCC2C)ccc(C(C)N2CCN(C(=O)c3ccc(C(F)(F)F)cc3)CC2)c1C. The molecule has 0 bridgehead atoms. The minimum Gasteiger partial charge on any atom is -0.492 e. The molecule has 0 aliphatic carbocycles. The standard InChI is InChI=1S/C30H40F3N3O2/c1-21-7-5-6-14-34(21)19-20-38-28-13-12-27(22(2)23(28)3)24(4)35-15-17-36(18-16-35)29(37)25-8-10-26(11-9-25)30(31,32)33/h8-13,21,24H,5-7,14-20H2,1-4H3. The van der Waals surface area contributed by atoms with Crippen LogP contribution in [0.1, 0.15) is 71.8 Å². The molecule has 2 aliphatic heterocycles. The lowest BCUT2D eigenvalue weighted by atomic mass is 9.96. The van der Waals surface area contributed by atoms with Crippen molar-refractivity contribution < 1.29 is 22.7 Å². The molecule has 2 fully saturated rings.